The molecule has 0 aromatic heterocycles. The first-order valence-electron chi connectivity index (χ1n) is 3.41. The number of para-hydroxylation sites is 1. The summed E-state index contributed by atoms with van der Waals surface area (Å²) in [5, 5.41) is 0. The average molecular weight is 225 g/mol. The fraction of sp³-hybridized carbons (Fsp3) is 0.250. The van der Waals surface area contributed by atoms with Crippen LogP contribution in [-0.2, 0) is 6.54 Å². The van der Waals surface area contributed by atoms with Crippen LogP contribution in [0.2, 0.25) is 0 Å². The van der Waals surface area contributed by atoms with Crippen LogP contribution in [0.25, 0.3) is 0 Å². The third-order valence-corrected chi connectivity index (χ3v) is 1.60. The Bertz CT molecular complexity index is 234. The van der Waals surface area contributed by atoms with Gasteiger partial charge in [0.2, 0.25) is 0 Å². The van der Waals surface area contributed by atoms with E-state index >= 15 is 0 Å². The van der Waals surface area contributed by atoms with Gasteiger partial charge in [-0.05, 0) is 11.6 Å². The summed E-state index contributed by atoms with van der Waals surface area (Å²) >= 11 is 0. The minimum atomic E-state index is 0. The highest BCUT2D eigenvalue weighted by Crippen LogP contribution is 2.23. The molecule has 0 saturated heterocycles. The molecule has 0 radical (unpaired) electrons. The molecule has 76 valence electrons. The zero-order valence-electron chi connectivity index (χ0n) is 7.32. The van der Waals surface area contributed by atoms with Crippen molar-refractivity contribution in [2.75, 3.05) is 12.8 Å². The summed E-state index contributed by atoms with van der Waals surface area (Å²) in [6, 6.07) is 5.57. The van der Waals surface area contributed by atoms with E-state index in [0.717, 1.165) is 5.56 Å². The quantitative estimate of drug-likeness (QED) is 0.751. The third-order valence-electron chi connectivity index (χ3n) is 1.60. The number of halogens is 2. The molecule has 0 aliphatic carbocycles. The molecular weight excluding hydrogens is 211 g/mol. The van der Waals surface area contributed by atoms with Crippen LogP contribution in [0.15, 0.2) is 18.2 Å². The third kappa shape index (κ3) is 3.30. The Kier molecular flexibility index (Phi) is 7.81. The monoisotopic (exact) mass is 224 g/mol. The van der Waals surface area contributed by atoms with Gasteiger partial charge < -0.3 is 16.2 Å². The Morgan fingerprint density at radius 1 is 1.31 bits per heavy atom. The SMILES string of the molecule is COc1cccc(CN)c1N.Cl.Cl. The first-order valence-corrected chi connectivity index (χ1v) is 3.41. The van der Waals surface area contributed by atoms with Gasteiger partial charge in [-0.2, -0.15) is 0 Å². The van der Waals surface area contributed by atoms with Crippen LogP contribution in [-0.4, -0.2) is 7.11 Å². The average Bonchev–Trinajstić information content (AvgIpc) is 2.05. The highest BCUT2D eigenvalue weighted by atomic mass is 35.5. The zero-order chi connectivity index (χ0) is 8.27. The Morgan fingerprint density at radius 3 is 2.38 bits per heavy atom. The van der Waals surface area contributed by atoms with Crippen molar-refractivity contribution < 1.29 is 4.74 Å². The molecule has 0 aliphatic rings. The number of methoxy groups -OCH3 is 1. The topological polar surface area (TPSA) is 61.3 Å². The highest BCUT2D eigenvalue weighted by Gasteiger charge is 2.01. The van der Waals surface area contributed by atoms with Crippen molar-refractivity contribution in [3.63, 3.8) is 0 Å². The molecule has 0 aliphatic heterocycles. The van der Waals surface area contributed by atoms with E-state index in [4.69, 9.17) is 16.2 Å². The Balaban J connectivity index is 0. The number of ether oxygens (including phenoxy) is 1. The Morgan fingerprint density at radius 2 is 1.92 bits per heavy atom. The van der Waals surface area contributed by atoms with Crippen LogP contribution >= 0.6 is 24.8 Å². The van der Waals surface area contributed by atoms with Crippen molar-refractivity contribution in [1.82, 2.24) is 0 Å². The van der Waals surface area contributed by atoms with Crippen LogP contribution in [0, 0.1) is 0 Å². The maximum atomic E-state index is 5.70. The summed E-state index contributed by atoms with van der Waals surface area (Å²) in [4.78, 5) is 0. The number of nitrogens with two attached hydrogens (primary N) is 2. The number of hydrogen-bond acceptors (Lipinski definition) is 3. The first kappa shape index (κ1) is 14.9. The first-order chi connectivity index (χ1) is 5.29. The number of hydrogen-bond donors (Lipinski definition) is 2. The minimum Gasteiger partial charge on any atom is -0.495 e. The Labute approximate surface area is 90.3 Å². The van der Waals surface area contributed by atoms with Crippen molar-refractivity contribution in [2.45, 2.75) is 6.54 Å². The molecule has 1 rings (SSSR count). The normalized spacial score (nSPS) is 8.15. The van der Waals surface area contributed by atoms with Crippen LogP contribution in [0.5, 0.6) is 5.75 Å². The number of benzene rings is 1. The number of anilines is 1. The smallest absolute Gasteiger partial charge is 0.142 e. The van der Waals surface area contributed by atoms with Gasteiger partial charge in [0.15, 0.2) is 0 Å². The molecule has 0 unspecified atom stereocenters. The van der Waals surface area contributed by atoms with Gasteiger partial charge in [-0.1, -0.05) is 12.1 Å². The second-order valence-corrected chi connectivity index (χ2v) is 2.24. The van der Waals surface area contributed by atoms with Crippen LogP contribution in [0.3, 0.4) is 0 Å². The molecule has 0 spiro atoms. The summed E-state index contributed by atoms with van der Waals surface area (Å²) in [7, 11) is 1.59. The van der Waals surface area contributed by atoms with E-state index in [1.54, 1.807) is 7.11 Å². The second-order valence-electron chi connectivity index (χ2n) is 2.24. The predicted molar refractivity (Wildman–Crippen MR) is 59.8 cm³/mol. The summed E-state index contributed by atoms with van der Waals surface area (Å²) < 4.78 is 5.01. The lowest BCUT2D eigenvalue weighted by molar-refractivity contribution is 0.416. The zero-order valence-corrected chi connectivity index (χ0v) is 8.95. The summed E-state index contributed by atoms with van der Waals surface area (Å²) in [6.07, 6.45) is 0. The fourth-order valence-corrected chi connectivity index (χ4v) is 0.945. The van der Waals surface area contributed by atoms with Gasteiger partial charge in [0.25, 0.3) is 0 Å². The van der Waals surface area contributed by atoms with Crippen molar-refractivity contribution in [3.8, 4) is 5.75 Å². The minimum absolute atomic E-state index is 0. The van der Waals surface area contributed by atoms with E-state index in [2.05, 4.69) is 0 Å². The summed E-state index contributed by atoms with van der Waals surface area (Å²) in [6.45, 7) is 0.447. The van der Waals surface area contributed by atoms with Gasteiger partial charge in [0, 0.05) is 6.54 Å². The lowest BCUT2D eigenvalue weighted by Crippen LogP contribution is -2.02. The molecular formula is C8H14Cl2N2O. The molecule has 4 N–H and O–H groups in total. The molecule has 0 fully saturated rings. The van der Waals surface area contributed by atoms with Gasteiger partial charge in [-0.25, -0.2) is 0 Å². The maximum Gasteiger partial charge on any atom is 0.142 e. The van der Waals surface area contributed by atoms with E-state index in [-0.39, 0.29) is 24.8 Å². The van der Waals surface area contributed by atoms with Crippen molar-refractivity contribution in [3.05, 3.63) is 23.8 Å². The molecule has 0 atom stereocenters. The second kappa shape index (κ2) is 6.83. The number of rotatable bonds is 2. The number of nitrogen functional groups attached to an aromatic ring is 1. The largest absolute Gasteiger partial charge is 0.495 e. The molecule has 1 aromatic rings. The summed E-state index contributed by atoms with van der Waals surface area (Å²) in [5.41, 5.74) is 12.7. The van der Waals surface area contributed by atoms with Gasteiger partial charge in [-0.3, -0.25) is 0 Å². The van der Waals surface area contributed by atoms with Crippen LogP contribution < -0.4 is 16.2 Å². The van der Waals surface area contributed by atoms with Crippen molar-refractivity contribution >= 4 is 30.5 Å². The molecule has 13 heavy (non-hydrogen) atoms. The van der Waals surface area contributed by atoms with E-state index in [1.165, 1.54) is 0 Å². The van der Waals surface area contributed by atoms with Gasteiger partial charge in [0.1, 0.15) is 5.75 Å². The van der Waals surface area contributed by atoms with E-state index in [0.29, 0.717) is 18.0 Å². The molecule has 5 heteroatoms. The van der Waals surface area contributed by atoms with Crippen LogP contribution in [0.1, 0.15) is 5.56 Å². The van der Waals surface area contributed by atoms with Crippen molar-refractivity contribution in [1.29, 1.82) is 0 Å². The van der Waals surface area contributed by atoms with E-state index in [1.807, 2.05) is 18.2 Å². The molecule has 0 bridgehead atoms. The lowest BCUT2D eigenvalue weighted by Gasteiger charge is -2.07. The maximum absolute atomic E-state index is 5.70. The van der Waals surface area contributed by atoms with Gasteiger partial charge in [-0.15, -0.1) is 24.8 Å². The molecule has 0 saturated carbocycles. The molecule has 0 heterocycles. The summed E-state index contributed by atoms with van der Waals surface area (Å²) in [5.74, 6) is 0.688. The fourth-order valence-electron chi connectivity index (χ4n) is 0.945. The lowest BCUT2D eigenvalue weighted by atomic mass is 10.1. The molecule has 0 amide bonds. The van der Waals surface area contributed by atoms with Crippen molar-refractivity contribution in [2.24, 2.45) is 5.73 Å². The highest BCUT2D eigenvalue weighted by molar-refractivity contribution is 5.85. The van der Waals surface area contributed by atoms with Gasteiger partial charge >= 0.3 is 0 Å². The standard InChI is InChI=1S/C8H12N2O.2ClH/c1-11-7-4-2-3-6(5-9)8(7)10;;/h2-4H,5,9-10H2,1H3;2*1H. The molecule has 3 nitrogen and oxygen atoms in total. The predicted octanol–water partition coefficient (Wildman–Crippen LogP) is 1.58. The van der Waals surface area contributed by atoms with E-state index < -0.39 is 0 Å². The molecule has 1 aromatic carbocycles. The van der Waals surface area contributed by atoms with Gasteiger partial charge in [0.05, 0.1) is 12.8 Å². The van der Waals surface area contributed by atoms with E-state index in [9.17, 15) is 0 Å². The Hall–Kier alpha value is -0.640. The van der Waals surface area contributed by atoms with Crippen LogP contribution in [0.4, 0.5) is 5.69 Å².